The molecule has 21 heavy (non-hydrogen) atoms. The summed E-state index contributed by atoms with van der Waals surface area (Å²) >= 11 is 1.84. The zero-order chi connectivity index (χ0) is 15.1. The molecule has 110 valence electrons. The molecule has 0 spiro atoms. The van der Waals surface area contributed by atoms with Gasteiger partial charge in [0.1, 0.15) is 8.07 Å². The van der Waals surface area contributed by atoms with Gasteiger partial charge in [-0.3, -0.25) is 0 Å². The maximum absolute atomic E-state index is 9.18. The molecule has 0 bridgehead atoms. The van der Waals surface area contributed by atoms with Crippen LogP contribution in [0, 0.1) is 0 Å². The predicted molar refractivity (Wildman–Crippen MR) is 95.6 cm³/mol. The van der Waals surface area contributed by atoms with E-state index in [1.165, 1.54) is 14.6 Å². The van der Waals surface area contributed by atoms with Gasteiger partial charge >= 0.3 is 0 Å². The van der Waals surface area contributed by atoms with Crippen molar-refractivity contribution in [3.05, 3.63) is 71.3 Å². The second-order valence-corrected chi connectivity index (χ2v) is 11.3. The first-order valence-corrected chi connectivity index (χ1v) is 11.1. The molecule has 2 rings (SSSR count). The van der Waals surface area contributed by atoms with Crippen molar-refractivity contribution in [1.82, 2.24) is 0 Å². The Morgan fingerprint density at radius 1 is 1.00 bits per heavy atom. The van der Waals surface area contributed by atoms with Gasteiger partial charge in [-0.1, -0.05) is 84.6 Å². The van der Waals surface area contributed by atoms with Crippen molar-refractivity contribution in [2.45, 2.75) is 24.4 Å². The Morgan fingerprint density at radius 2 is 1.57 bits per heavy atom. The van der Waals surface area contributed by atoms with Crippen LogP contribution in [0.3, 0.4) is 0 Å². The molecule has 0 saturated carbocycles. The van der Waals surface area contributed by atoms with E-state index in [1.54, 1.807) is 0 Å². The summed E-state index contributed by atoms with van der Waals surface area (Å²) in [5, 5.41) is 10.6. The first kappa shape index (κ1) is 16.1. The van der Waals surface area contributed by atoms with Crippen LogP contribution in [0.2, 0.25) is 13.1 Å². The highest BCUT2D eigenvalue weighted by Gasteiger charge is 2.28. The van der Waals surface area contributed by atoms with Crippen LogP contribution >= 0.6 is 11.8 Å². The van der Waals surface area contributed by atoms with Crippen LogP contribution in [-0.4, -0.2) is 19.8 Å². The summed E-state index contributed by atoms with van der Waals surface area (Å²) in [6, 6.07) is 21.2. The third kappa shape index (κ3) is 4.33. The zero-order valence-electron chi connectivity index (χ0n) is 12.6. The minimum absolute atomic E-state index is 0.206. The lowest BCUT2D eigenvalue weighted by molar-refractivity contribution is 0.302. The zero-order valence-corrected chi connectivity index (χ0v) is 14.4. The number of hydrogen-bond acceptors (Lipinski definition) is 2. The predicted octanol–water partition coefficient (Wildman–Crippen LogP) is 4.20. The van der Waals surface area contributed by atoms with E-state index in [4.69, 9.17) is 0 Å². The first-order valence-electron chi connectivity index (χ1n) is 7.24. The molecular formula is C18H22OSSi. The van der Waals surface area contributed by atoms with Gasteiger partial charge in [-0.05, 0) is 23.1 Å². The van der Waals surface area contributed by atoms with Crippen molar-refractivity contribution in [1.29, 1.82) is 0 Å². The van der Waals surface area contributed by atoms with E-state index in [-0.39, 0.29) is 6.61 Å². The average molecular weight is 315 g/mol. The highest BCUT2D eigenvalue weighted by atomic mass is 32.2. The van der Waals surface area contributed by atoms with Gasteiger partial charge in [0.15, 0.2) is 0 Å². The summed E-state index contributed by atoms with van der Waals surface area (Å²) in [7, 11) is -1.72. The van der Waals surface area contributed by atoms with Gasteiger partial charge in [-0.15, -0.1) is 0 Å². The summed E-state index contributed by atoms with van der Waals surface area (Å²) in [6.45, 7) is 4.96. The van der Waals surface area contributed by atoms with Crippen molar-refractivity contribution in [2.75, 3.05) is 6.61 Å². The Kier molecular flexibility index (Phi) is 5.85. The lowest BCUT2D eigenvalue weighted by Crippen LogP contribution is -2.42. The smallest absolute Gasteiger partial charge is 0.120 e. The van der Waals surface area contributed by atoms with Crippen molar-refractivity contribution in [3.8, 4) is 0 Å². The number of aliphatic hydroxyl groups excluding tert-OH is 1. The lowest BCUT2D eigenvalue weighted by atomic mass is 10.4. The molecule has 0 radical (unpaired) electrons. The van der Waals surface area contributed by atoms with Gasteiger partial charge in [-0.2, -0.15) is 0 Å². The molecule has 0 saturated heterocycles. The third-order valence-electron chi connectivity index (χ3n) is 3.54. The topological polar surface area (TPSA) is 20.2 Å². The Balaban J connectivity index is 2.31. The highest BCUT2D eigenvalue weighted by molar-refractivity contribution is 8.05. The Labute approximate surface area is 132 Å². The van der Waals surface area contributed by atoms with E-state index in [1.807, 2.05) is 17.8 Å². The van der Waals surface area contributed by atoms with E-state index in [0.717, 1.165) is 6.42 Å². The van der Waals surface area contributed by atoms with Crippen molar-refractivity contribution in [2.24, 2.45) is 0 Å². The second-order valence-electron chi connectivity index (χ2n) is 5.49. The van der Waals surface area contributed by atoms with Gasteiger partial charge < -0.3 is 5.11 Å². The number of benzene rings is 2. The van der Waals surface area contributed by atoms with Crippen LogP contribution in [0.4, 0.5) is 0 Å². The van der Waals surface area contributed by atoms with Crippen molar-refractivity contribution >= 4 is 25.0 Å². The maximum Gasteiger partial charge on any atom is 0.120 e. The third-order valence-corrected chi connectivity index (χ3v) is 9.49. The molecule has 0 aliphatic heterocycles. The van der Waals surface area contributed by atoms with Gasteiger partial charge in [0.25, 0.3) is 0 Å². The molecule has 0 aliphatic rings. The molecule has 0 aliphatic carbocycles. The van der Waals surface area contributed by atoms with Crippen molar-refractivity contribution in [3.63, 3.8) is 0 Å². The molecule has 2 aromatic carbocycles. The summed E-state index contributed by atoms with van der Waals surface area (Å²) in [5.41, 5.74) is 0. The molecule has 1 N–H and O–H groups in total. The van der Waals surface area contributed by atoms with Gasteiger partial charge in [0.2, 0.25) is 0 Å². The van der Waals surface area contributed by atoms with Crippen LogP contribution in [0.5, 0.6) is 0 Å². The Morgan fingerprint density at radius 3 is 2.14 bits per heavy atom. The summed E-state index contributed by atoms with van der Waals surface area (Å²) in [4.78, 5) is 1.26. The standard InChI is InChI=1S/C18H22OSSi/c1-21(2,17-12-7-4-8-13-17)18(14-9-15-19)20-16-10-5-3-6-11-16/h3-8,10-14,19H,9,15H2,1-2H3/b18-14+. The fourth-order valence-electron chi connectivity index (χ4n) is 2.23. The van der Waals surface area contributed by atoms with E-state index in [0.29, 0.717) is 0 Å². The van der Waals surface area contributed by atoms with Crippen LogP contribution in [0.15, 0.2) is 76.2 Å². The summed E-state index contributed by atoms with van der Waals surface area (Å²) < 4.78 is 1.41. The Bertz CT molecular complexity index is 579. The van der Waals surface area contributed by atoms with Crippen LogP contribution in [0.1, 0.15) is 6.42 Å². The lowest BCUT2D eigenvalue weighted by Gasteiger charge is -2.26. The second kappa shape index (κ2) is 7.64. The van der Waals surface area contributed by atoms with E-state index < -0.39 is 8.07 Å². The normalized spacial score (nSPS) is 12.4. The quantitative estimate of drug-likeness (QED) is 0.637. The van der Waals surface area contributed by atoms with Gasteiger partial charge in [0.05, 0.1) is 0 Å². The molecule has 0 amide bonds. The van der Waals surface area contributed by atoms with Gasteiger partial charge in [-0.25, -0.2) is 0 Å². The number of hydrogen-bond donors (Lipinski definition) is 1. The monoisotopic (exact) mass is 314 g/mol. The number of rotatable bonds is 6. The molecule has 0 unspecified atom stereocenters. The van der Waals surface area contributed by atoms with Gasteiger partial charge in [0, 0.05) is 11.5 Å². The van der Waals surface area contributed by atoms with E-state index >= 15 is 0 Å². The number of aliphatic hydroxyl groups is 1. The summed E-state index contributed by atoms with van der Waals surface area (Å²) in [6.07, 6.45) is 2.94. The van der Waals surface area contributed by atoms with Crippen LogP contribution < -0.4 is 5.19 Å². The molecule has 0 atom stereocenters. The molecule has 0 fully saturated rings. The number of thioether (sulfide) groups is 1. The SMILES string of the molecule is C[Si](C)(/C(=C/CCO)Sc1ccccc1)c1ccccc1. The van der Waals surface area contributed by atoms with E-state index in [9.17, 15) is 5.11 Å². The largest absolute Gasteiger partial charge is 0.396 e. The summed E-state index contributed by atoms with van der Waals surface area (Å²) in [5.74, 6) is 0. The Hall–Kier alpha value is -1.29. The molecule has 2 aromatic rings. The first-order chi connectivity index (χ1) is 10.1. The van der Waals surface area contributed by atoms with E-state index in [2.05, 4.69) is 73.8 Å². The van der Waals surface area contributed by atoms with Crippen LogP contribution in [-0.2, 0) is 0 Å². The average Bonchev–Trinajstić information content (AvgIpc) is 2.53. The minimum Gasteiger partial charge on any atom is -0.396 e. The fraction of sp³-hybridized carbons (Fsp3) is 0.222. The highest BCUT2D eigenvalue weighted by Crippen LogP contribution is 2.33. The molecular weight excluding hydrogens is 292 g/mol. The maximum atomic E-state index is 9.18. The van der Waals surface area contributed by atoms with Crippen LogP contribution in [0.25, 0.3) is 0 Å². The van der Waals surface area contributed by atoms with Crippen molar-refractivity contribution < 1.29 is 5.11 Å². The molecule has 1 nitrogen and oxygen atoms in total. The molecule has 0 aromatic heterocycles. The molecule has 3 heteroatoms. The minimum atomic E-state index is -1.72. The fourth-order valence-corrected chi connectivity index (χ4v) is 6.67. The molecule has 0 heterocycles.